The number of hydrogen-bond acceptors (Lipinski definition) is 4. The lowest BCUT2D eigenvalue weighted by Gasteiger charge is -2.32. The topological polar surface area (TPSA) is 68.5 Å². The molecule has 0 spiro atoms. The molecule has 1 amide bonds. The van der Waals surface area contributed by atoms with E-state index < -0.39 is 5.41 Å². The van der Waals surface area contributed by atoms with Crippen molar-refractivity contribution in [3.63, 3.8) is 0 Å². The minimum absolute atomic E-state index is 0.125. The average Bonchev–Trinajstić information content (AvgIpc) is 3.20. The van der Waals surface area contributed by atoms with Gasteiger partial charge in [-0.2, -0.15) is 10.4 Å². The fourth-order valence-corrected chi connectivity index (χ4v) is 4.78. The largest absolute Gasteiger partial charge is 0.324 e. The van der Waals surface area contributed by atoms with Crippen LogP contribution in [0, 0.1) is 11.3 Å². The van der Waals surface area contributed by atoms with Crippen LogP contribution in [0.4, 0.5) is 5.69 Å². The molecule has 1 atom stereocenters. The first-order valence-electron chi connectivity index (χ1n) is 11.1. The Labute approximate surface area is 213 Å². The van der Waals surface area contributed by atoms with Crippen LogP contribution < -0.4 is 5.32 Å². The number of rotatable bonds is 8. The van der Waals surface area contributed by atoms with Crippen LogP contribution in [0.5, 0.6) is 0 Å². The van der Waals surface area contributed by atoms with Gasteiger partial charge in [-0.3, -0.25) is 9.80 Å². The highest BCUT2D eigenvalue weighted by Gasteiger charge is 2.44. The van der Waals surface area contributed by atoms with Gasteiger partial charge < -0.3 is 5.32 Å². The van der Waals surface area contributed by atoms with Gasteiger partial charge in [-0.1, -0.05) is 70.0 Å². The molecule has 0 aromatic heterocycles. The Morgan fingerprint density at radius 3 is 2.47 bits per heavy atom. The number of halogens is 2. The lowest BCUT2D eigenvalue weighted by molar-refractivity contribution is -0.117. The summed E-state index contributed by atoms with van der Waals surface area (Å²) in [6, 6.07) is 27.6. The lowest BCUT2D eigenvalue weighted by Crippen LogP contribution is -2.40. The van der Waals surface area contributed by atoms with Crippen molar-refractivity contribution in [2.45, 2.75) is 24.7 Å². The summed E-state index contributed by atoms with van der Waals surface area (Å²) in [5, 5.41) is 19.6. The number of nitrogens with one attached hydrogen (secondary N) is 1. The first kappa shape index (κ1) is 24.0. The maximum Gasteiger partial charge on any atom is 0.245 e. The number of hydrogen-bond donors (Lipinski definition) is 1. The van der Waals surface area contributed by atoms with Crippen LogP contribution >= 0.6 is 27.5 Å². The van der Waals surface area contributed by atoms with Crippen LogP contribution in [-0.4, -0.2) is 29.7 Å². The smallest absolute Gasteiger partial charge is 0.245 e. The summed E-state index contributed by atoms with van der Waals surface area (Å²) in [4.78, 5) is 12.9. The molecule has 1 heterocycles. The van der Waals surface area contributed by atoms with Crippen LogP contribution in [-0.2, 0) is 10.2 Å². The highest BCUT2D eigenvalue weighted by molar-refractivity contribution is 9.10. The van der Waals surface area contributed by atoms with Crippen LogP contribution in [0.1, 0.15) is 30.4 Å². The second-order valence-electron chi connectivity index (χ2n) is 8.29. The van der Waals surface area contributed by atoms with Crippen molar-refractivity contribution in [2.75, 3.05) is 18.4 Å². The standard InChI is InChI=1S/C27H24BrClN4O/c28-22-10-14-24(15-11-22)31-25(34)18-33-19-27(16-4-5-17-30,21-6-2-1-3-7-21)26(32-33)20-8-12-23(29)13-9-20/h1-3,6-15H,4-5,16,18-19H2,(H,31,34). The maximum atomic E-state index is 12.9. The molecule has 0 aliphatic carbocycles. The maximum absolute atomic E-state index is 12.9. The monoisotopic (exact) mass is 534 g/mol. The molecule has 7 heteroatoms. The van der Waals surface area contributed by atoms with Crippen molar-refractivity contribution < 1.29 is 4.79 Å². The molecular formula is C27H24BrClN4O. The summed E-state index contributed by atoms with van der Waals surface area (Å²) in [6.45, 7) is 0.675. The molecule has 0 radical (unpaired) electrons. The van der Waals surface area contributed by atoms with E-state index >= 15 is 0 Å². The molecule has 0 fully saturated rings. The minimum Gasteiger partial charge on any atom is -0.324 e. The summed E-state index contributed by atoms with van der Waals surface area (Å²) < 4.78 is 0.951. The van der Waals surface area contributed by atoms with Crippen LogP contribution in [0.2, 0.25) is 5.02 Å². The molecule has 1 aliphatic heterocycles. The highest BCUT2D eigenvalue weighted by Crippen LogP contribution is 2.39. The van der Waals surface area contributed by atoms with E-state index in [1.54, 1.807) is 0 Å². The molecule has 172 valence electrons. The van der Waals surface area contributed by atoms with E-state index in [1.165, 1.54) is 0 Å². The Balaban J connectivity index is 1.66. The van der Waals surface area contributed by atoms with Gasteiger partial charge in [0.15, 0.2) is 0 Å². The molecule has 5 nitrogen and oxygen atoms in total. The van der Waals surface area contributed by atoms with Gasteiger partial charge in [-0.25, -0.2) is 0 Å². The molecule has 1 N–H and O–H groups in total. The molecule has 0 bridgehead atoms. The Morgan fingerprint density at radius 2 is 1.79 bits per heavy atom. The van der Waals surface area contributed by atoms with E-state index in [1.807, 2.05) is 71.7 Å². The Morgan fingerprint density at radius 1 is 1.09 bits per heavy atom. The fraction of sp³-hybridized carbons (Fsp3) is 0.222. The molecule has 4 rings (SSSR count). The van der Waals surface area contributed by atoms with Gasteiger partial charge in [0.25, 0.3) is 0 Å². The predicted molar refractivity (Wildman–Crippen MR) is 140 cm³/mol. The molecule has 0 saturated carbocycles. The summed E-state index contributed by atoms with van der Waals surface area (Å²) in [6.07, 6.45) is 1.94. The number of nitrogens with zero attached hydrogens (tertiary/aromatic N) is 3. The third-order valence-electron chi connectivity index (χ3n) is 5.94. The van der Waals surface area contributed by atoms with Crippen LogP contribution in [0.15, 0.2) is 88.4 Å². The Hall–Kier alpha value is -3.14. The number of unbranched alkanes of at least 4 members (excludes halogenated alkanes) is 1. The molecular weight excluding hydrogens is 512 g/mol. The summed E-state index contributed by atoms with van der Waals surface area (Å²) >= 11 is 9.56. The third kappa shape index (κ3) is 5.49. The summed E-state index contributed by atoms with van der Waals surface area (Å²) in [5.74, 6) is -0.137. The molecule has 0 saturated heterocycles. The van der Waals surface area contributed by atoms with Crippen LogP contribution in [0.3, 0.4) is 0 Å². The van der Waals surface area contributed by atoms with Gasteiger partial charge in [0, 0.05) is 21.6 Å². The van der Waals surface area contributed by atoms with Crippen molar-refractivity contribution in [3.05, 3.63) is 99.5 Å². The fourth-order valence-electron chi connectivity index (χ4n) is 4.39. The van der Waals surface area contributed by atoms with Gasteiger partial charge in [0.05, 0.1) is 23.7 Å². The normalized spacial score (nSPS) is 17.2. The third-order valence-corrected chi connectivity index (χ3v) is 6.72. The van der Waals surface area contributed by atoms with E-state index in [-0.39, 0.29) is 12.5 Å². The zero-order valence-corrected chi connectivity index (χ0v) is 20.9. The van der Waals surface area contributed by atoms with Crippen molar-refractivity contribution in [1.82, 2.24) is 5.01 Å². The van der Waals surface area contributed by atoms with Gasteiger partial charge in [-0.15, -0.1) is 0 Å². The zero-order valence-electron chi connectivity index (χ0n) is 18.5. The number of hydrazone groups is 1. The van der Waals surface area contributed by atoms with E-state index in [4.69, 9.17) is 16.7 Å². The van der Waals surface area contributed by atoms with Crippen molar-refractivity contribution >= 4 is 44.8 Å². The van der Waals surface area contributed by atoms with E-state index in [2.05, 4.69) is 39.4 Å². The van der Waals surface area contributed by atoms with Gasteiger partial charge in [-0.05, 0) is 60.4 Å². The molecule has 1 aliphatic rings. The van der Waals surface area contributed by atoms with Crippen LogP contribution in [0.25, 0.3) is 0 Å². The zero-order chi connectivity index (χ0) is 24.0. The average molecular weight is 536 g/mol. The quantitative estimate of drug-likeness (QED) is 0.340. The Kier molecular flexibility index (Phi) is 7.66. The first-order chi connectivity index (χ1) is 16.5. The molecule has 1 unspecified atom stereocenters. The van der Waals surface area contributed by atoms with E-state index in [9.17, 15) is 10.1 Å². The number of benzene rings is 3. The highest BCUT2D eigenvalue weighted by atomic mass is 79.9. The minimum atomic E-state index is -0.441. The number of anilines is 1. The van der Waals surface area contributed by atoms with Gasteiger partial charge in [0.1, 0.15) is 6.54 Å². The lowest BCUT2D eigenvalue weighted by atomic mass is 9.71. The molecule has 34 heavy (non-hydrogen) atoms. The molecule has 3 aromatic carbocycles. The second kappa shape index (κ2) is 10.9. The Bertz CT molecular complexity index is 1210. The van der Waals surface area contributed by atoms with E-state index in [0.29, 0.717) is 18.0 Å². The van der Waals surface area contributed by atoms with Crippen molar-refractivity contribution in [1.29, 1.82) is 5.26 Å². The molecule has 3 aromatic rings. The second-order valence-corrected chi connectivity index (χ2v) is 9.65. The van der Waals surface area contributed by atoms with Gasteiger partial charge >= 0.3 is 0 Å². The van der Waals surface area contributed by atoms with E-state index in [0.717, 1.165) is 39.8 Å². The number of nitriles is 1. The van der Waals surface area contributed by atoms with Crippen molar-refractivity contribution in [3.8, 4) is 6.07 Å². The number of carbonyl (C=O) groups excluding carboxylic acids is 1. The predicted octanol–water partition coefficient (Wildman–Crippen LogP) is 6.39. The van der Waals surface area contributed by atoms with Crippen molar-refractivity contribution in [2.24, 2.45) is 5.10 Å². The van der Waals surface area contributed by atoms with Gasteiger partial charge in [0.2, 0.25) is 5.91 Å². The summed E-state index contributed by atoms with van der Waals surface area (Å²) in [5.41, 5.74) is 3.27. The number of amides is 1. The number of carbonyl (C=O) groups is 1. The SMILES string of the molecule is N#CCCCC1(c2ccccc2)CN(CC(=O)Nc2ccc(Br)cc2)N=C1c1ccc(Cl)cc1. The first-order valence-corrected chi connectivity index (χ1v) is 12.3. The summed E-state index contributed by atoms with van der Waals surface area (Å²) in [7, 11) is 0.